The molecule has 0 bridgehead atoms. The van der Waals surface area contributed by atoms with Crippen molar-refractivity contribution in [3.05, 3.63) is 0 Å². The molecule has 1 saturated carbocycles. The molecule has 3 aliphatic rings. The van der Waals surface area contributed by atoms with Gasteiger partial charge in [0.05, 0.1) is 0 Å². The molecule has 0 aromatic heterocycles. The summed E-state index contributed by atoms with van der Waals surface area (Å²) in [6.07, 6.45) is 8.11. The molecular formula is C16H27N3O2. The lowest BCUT2D eigenvalue weighted by molar-refractivity contribution is -0.132. The Hall–Kier alpha value is -1.10. The van der Waals surface area contributed by atoms with Crippen molar-refractivity contribution in [1.82, 2.24) is 15.5 Å². The molecule has 1 atom stereocenters. The highest BCUT2D eigenvalue weighted by atomic mass is 16.2. The van der Waals surface area contributed by atoms with Crippen LogP contribution in [0.3, 0.4) is 0 Å². The molecule has 1 unspecified atom stereocenters. The second-order valence-corrected chi connectivity index (χ2v) is 7.09. The maximum atomic E-state index is 12.7. The van der Waals surface area contributed by atoms with Crippen LogP contribution in [0, 0.1) is 5.92 Å². The second kappa shape index (κ2) is 5.95. The predicted molar refractivity (Wildman–Crippen MR) is 80.9 cm³/mol. The van der Waals surface area contributed by atoms with Crippen molar-refractivity contribution in [2.24, 2.45) is 5.92 Å². The highest BCUT2D eigenvalue weighted by Crippen LogP contribution is 2.36. The Morgan fingerprint density at radius 2 is 2.00 bits per heavy atom. The van der Waals surface area contributed by atoms with Crippen LogP contribution in [0.2, 0.25) is 0 Å². The third kappa shape index (κ3) is 2.93. The van der Waals surface area contributed by atoms with Crippen molar-refractivity contribution in [2.75, 3.05) is 13.1 Å². The summed E-state index contributed by atoms with van der Waals surface area (Å²) in [6, 6.07) is 0.407. The van der Waals surface area contributed by atoms with E-state index >= 15 is 0 Å². The summed E-state index contributed by atoms with van der Waals surface area (Å²) < 4.78 is 0. The lowest BCUT2D eigenvalue weighted by Crippen LogP contribution is -2.49. The van der Waals surface area contributed by atoms with E-state index in [9.17, 15) is 9.59 Å². The molecule has 21 heavy (non-hydrogen) atoms. The number of carbonyl (C=O) groups excluding carboxylic acids is 2. The SMILES string of the molecule is CC1CCC2(CC1)NC(=O)N(CCCC1CCCN1)C2=O. The number of nitrogens with one attached hydrogen (secondary N) is 2. The van der Waals surface area contributed by atoms with Crippen LogP contribution in [0.25, 0.3) is 0 Å². The van der Waals surface area contributed by atoms with Crippen LogP contribution in [0.4, 0.5) is 4.79 Å². The molecule has 0 radical (unpaired) electrons. The monoisotopic (exact) mass is 293 g/mol. The Morgan fingerprint density at radius 3 is 2.67 bits per heavy atom. The van der Waals surface area contributed by atoms with E-state index in [0.717, 1.165) is 45.1 Å². The molecule has 5 nitrogen and oxygen atoms in total. The predicted octanol–water partition coefficient (Wildman–Crippen LogP) is 2.02. The first kappa shape index (κ1) is 14.8. The van der Waals surface area contributed by atoms with Gasteiger partial charge in [0.1, 0.15) is 5.54 Å². The van der Waals surface area contributed by atoms with E-state index in [-0.39, 0.29) is 11.9 Å². The molecule has 0 aromatic carbocycles. The van der Waals surface area contributed by atoms with E-state index in [1.165, 1.54) is 17.7 Å². The van der Waals surface area contributed by atoms with Crippen LogP contribution in [-0.2, 0) is 4.79 Å². The molecule has 2 saturated heterocycles. The van der Waals surface area contributed by atoms with Gasteiger partial charge >= 0.3 is 6.03 Å². The van der Waals surface area contributed by atoms with Crippen LogP contribution in [0.5, 0.6) is 0 Å². The molecule has 3 fully saturated rings. The summed E-state index contributed by atoms with van der Waals surface area (Å²) in [4.78, 5) is 26.3. The van der Waals surface area contributed by atoms with Crippen molar-refractivity contribution in [2.45, 2.75) is 69.9 Å². The van der Waals surface area contributed by atoms with Gasteiger partial charge in [0.15, 0.2) is 0 Å². The first-order chi connectivity index (χ1) is 10.1. The third-order valence-corrected chi connectivity index (χ3v) is 5.47. The van der Waals surface area contributed by atoms with E-state index in [4.69, 9.17) is 0 Å². The Kier molecular flexibility index (Phi) is 4.20. The van der Waals surface area contributed by atoms with Gasteiger partial charge in [-0.15, -0.1) is 0 Å². The van der Waals surface area contributed by atoms with Gasteiger partial charge in [-0.2, -0.15) is 0 Å². The fraction of sp³-hybridized carbons (Fsp3) is 0.875. The number of nitrogens with zero attached hydrogens (tertiary/aromatic N) is 1. The van der Waals surface area contributed by atoms with E-state index in [2.05, 4.69) is 17.6 Å². The Balaban J connectivity index is 1.53. The van der Waals surface area contributed by atoms with E-state index in [1.807, 2.05) is 0 Å². The average molecular weight is 293 g/mol. The Bertz CT molecular complexity index is 410. The number of rotatable bonds is 4. The summed E-state index contributed by atoms with van der Waals surface area (Å²) >= 11 is 0. The molecular weight excluding hydrogens is 266 g/mol. The molecule has 2 heterocycles. The van der Waals surface area contributed by atoms with Crippen LogP contribution < -0.4 is 10.6 Å². The lowest BCUT2D eigenvalue weighted by atomic mass is 9.77. The van der Waals surface area contributed by atoms with Crippen molar-refractivity contribution in [3.8, 4) is 0 Å². The number of hydrogen-bond donors (Lipinski definition) is 2. The van der Waals surface area contributed by atoms with Gasteiger partial charge in [-0.25, -0.2) is 4.79 Å². The van der Waals surface area contributed by atoms with E-state index in [1.54, 1.807) is 0 Å². The van der Waals surface area contributed by atoms with Crippen molar-refractivity contribution >= 4 is 11.9 Å². The average Bonchev–Trinajstić information content (AvgIpc) is 3.05. The zero-order chi connectivity index (χ0) is 14.9. The number of amides is 3. The first-order valence-corrected chi connectivity index (χ1v) is 8.48. The fourth-order valence-corrected chi connectivity index (χ4v) is 3.97. The van der Waals surface area contributed by atoms with Gasteiger partial charge in [0.2, 0.25) is 0 Å². The topological polar surface area (TPSA) is 61.4 Å². The molecule has 2 N–H and O–H groups in total. The Morgan fingerprint density at radius 1 is 1.24 bits per heavy atom. The molecule has 1 aliphatic carbocycles. The van der Waals surface area contributed by atoms with Gasteiger partial charge < -0.3 is 10.6 Å². The molecule has 5 heteroatoms. The van der Waals surface area contributed by atoms with Gasteiger partial charge in [-0.1, -0.05) is 6.92 Å². The minimum atomic E-state index is -0.574. The summed E-state index contributed by atoms with van der Waals surface area (Å²) in [5.41, 5.74) is -0.574. The number of carbonyl (C=O) groups is 2. The normalized spacial score (nSPS) is 36.5. The highest BCUT2D eigenvalue weighted by molar-refractivity contribution is 6.07. The van der Waals surface area contributed by atoms with Crippen LogP contribution in [-0.4, -0.2) is 41.5 Å². The highest BCUT2D eigenvalue weighted by Gasteiger charge is 2.51. The van der Waals surface area contributed by atoms with Gasteiger partial charge in [-0.05, 0) is 63.8 Å². The summed E-state index contributed by atoms with van der Waals surface area (Å²) in [5, 5.41) is 6.45. The third-order valence-electron chi connectivity index (χ3n) is 5.47. The molecule has 2 aliphatic heterocycles. The standard InChI is InChI=1S/C16H27N3O2/c1-12-6-8-16(9-7-12)14(20)19(15(21)18-16)11-3-5-13-4-2-10-17-13/h12-13,17H,2-11H2,1H3,(H,18,21). The fourth-order valence-electron chi connectivity index (χ4n) is 3.97. The first-order valence-electron chi connectivity index (χ1n) is 8.48. The molecule has 3 amide bonds. The van der Waals surface area contributed by atoms with Gasteiger partial charge in [0, 0.05) is 12.6 Å². The molecule has 3 rings (SSSR count). The van der Waals surface area contributed by atoms with Crippen molar-refractivity contribution in [1.29, 1.82) is 0 Å². The van der Waals surface area contributed by atoms with Crippen LogP contribution in [0.1, 0.15) is 58.3 Å². The molecule has 0 aromatic rings. The van der Waals surface area contributed by atoms with Crippen molar-refractivity contribution < 1.29 is 9.59 Å². The largest absolute Gasteiger partial charge is 0.325 e. The molecule has 118 valence electrons. The van der Waals surface area contributed by atoms with E-state index in [0.29, 0.717) is 18.5 Å². The van der Waals surface area contributed by atoms with Crippen molar-refractivity contribution in [3.63, 3.8) is 0 Å². The quantitative estimate of drug-likeness (QED) is 0.780. The second-order valence-electron chi connectivity index (χ2n) is 7.09. The minimum Gasteiger partial charge on any atom is -0.323 e. The zero-order valence-electron chi connectivity index (χ0n) is 13.0. The minimum absolute atomic E-state index is 0.0266. The van der Waals surface area contributed by atoms with Gasteiger partial charge in [-0.3, -0.25) is 9.69 Å². The number of urea groups is 1. The number of hydrogen-bond acceptors (Lipinski definition) is 3. The maximum Gasteiger partial charge on any atom is 0.325 e. The summed E-state index contributed by atoms with van der Waals surface area (Å²) in [7, 11) is 0. The van der Waals surface area contributed by atoms with Crippen LogP contribution in [0.15, 0.2) is 0 Å². The van der Waals surface area contributed by atoms with Gasteiger partial charge in [0.25, 0.3) is 5.91 Å². The smallest absolute Gasteiger partial charge is 0.323 e. The molecule has 1 spiro atoms. The number of imide groups is 1. The van der Waals surface area contributed by atoms with E-state index < -0.39 is 5.54 Å². The Labute approximate surface area is 126 Å². The maximum absolute atomic E-state index is 12.7. The summed E-state index contributed by atoms with van der Waals surface area (Å²) in [5.74, 6) is 0.696. The zero-order valence-corrected chi connectivity index (χ0v) is 13.0. The van der Waals surface area contributed by atoms with Crippen LogP contribution >= 0.6 is 0 Å². The lowest BCUT2D eigenvalue weighted by Gasteiger charge is -2.33. The summed E-state index contributed by atoms with van der Waals surface area (Å²) in [6.45, 7) is 3.90.